The van der Waals surface area contributed by atoms with Crippen LogP contribution >= 0.6 is 0 Å². The standard InChI is InChI=1S/C28H29N3O3/c1-19-7-11-22(12-8-19)30-16-21(15-27(30)33)28-29-25-5-3-4-6-26(25)31(28)17-23(32)18-34-24-13-9-20(2)10-14-24/h3-14,21,23,32H,15-18H2,1-2H3/t21-,23-/m0/s1. The van der Waals surface area contributed by atoms with Gasteiger partial charge in [0.1, 0.15) is 24.3 Å². The average Bonchev–Trinajstić information content (AvgIpc) is 3.40. The molecule has 0 radical (unpaired) electrons. The van der Waals surface area contributed by atoms with Crippen LogP contribution < -0.4 is 9.64 Å². The van der Waals surface area contributed by atoms with Gasteiger partial charge < -0.3 is 19.3 Å². The summed E-state index contributed by atoms with van der Waals surface area (Å²) in [6.45, 7) is 5.15. The third-order valence-corrected chi connectivity index (χ3v) is 6.38. The van der Waals surface area contributed by atoms with Crippen molar-refractivity contribution < 1.29 is 14.6 Å². The second kappa shape index (κ2) is 9.31. The number of fused-ring (bicyclic) bond motifs is 1. The average molecular weight is 456 g/mol. The number of anilines is 1. The maximum Gasteiger partial charge on any atom is 0.227 e. The third kappa shape index (κ3) is 4.54. The van der Waals surface area contributed by atoms with Crippen molar-refractivity contribution in [1.82, 2.24) is 9.55 Å². The van der Waals surface area contributed by atoms with E-state index in [2.05, 4.69) is 4.57 Å². The fourth-order valence-corrected chi connectivity index (χ4v) is 4.54. The van der Waals surface area contributed by atoms with Gasteiger partial charge in [-0.2, -0.15) is 0 Å². The number of aliphatic hydroxyl groups is 1. The molecule has 4 aromatic rings. The molecule has 1 fully saturated rings. The van der Waals surface area contributed by atoms with E-state index in [-0.39, 0.29) is 18.4 Å². The number of hydrogen-bond donors (Lipinski definition) is 1. The van der Waals surface area contributed by atoms with Gasteiger partial charge in [-0.05, 0) is 50.2 Å². The topological polar surface area (TPSA) is 67.6 Å². The van der Waals surface area contributed by atoms with Gasteiger partial charge in [0.2, 0.25) is 5.91 Å². The zero-order valence-electron chi connectivity index (χ0n) is 19.5. The molecule has 0 unspecified atom stereocenters. The van der Waals surface area contributed by atoms with Crippen LogP contribution in [0.4, 0.5) is 5.69 Å². The first-order valence-corrected chi connectivity index (χ1v) is 11.7. The number of carbonyl (C=O) groups excluding carboxylic acids is 1. The summed E-state index contributed by atoms with van der Waals surface area (Å²) in [5.74, 6) is 1.61. The minimum Gasteiger partial charge on any atom is -0.491 e. The number of aliphatic hydroxyl groups excluding tert-OH is 1. The number of aromatic nitrogens is 2. The first-order chi connectivity index (χ1) is 16.5. The molecule has 0 saturated carbocycles. The molecule has 1 saturated heterocycles. The molecule has 1 aromatic heterocycles. The van der Waals surface area contributed by atoms with Crippen LogP contribution in [0.25, 0.3) is 11.0 Å². The molecule has 3 aromatic carbocycles. The molecule has 0 bridgehead atoms. The highest BCUT2D eigenvalue weighted by molar-refractivity contribution is 5.96. The van der Waals surface area contributed by atoms with E-state index in [1.807, 2.05) is 91.5 Å². The molecule has 0 aliphatic carbocycles. The fourth-order valence-electron chi connectivity index (χ4n) is 4.54. The highest BCUT2D eigenvalue weighted by Gasteiger charge is 2.35. The number of imidazole rings is 1. The van der Waals surface area contributed by atoms with Crippen LogP contribution in [0.2, 0.25) is 0 Å². The van der Waals surface area contributed by atoms with Crippen molar-refractivity contribution in [3.05, 3.63) is 89.7 Å². The largest absolute Gasteiger partial charge is 0.491 e. The summed E-state index contributed by atoms with van der Waals surface area (Å²) in [4.78, 5) is 19.6. The van der Waals surface area contributed by atoms with Crippen molar-refractivity contribution in [2.45, 2.75) is 38.8 Å². The Morgan fingerprint density at radius 3 is 2.41 bits per heavy atom. The van der Waals surface area contributed by atoms with Gasteiger partial charge in [0, 0.05) is 24.6 Å². The molecule has 2 atom stereocenters. The number of amides is 1. The summed E-state index contributed by atoms with van der Waals surface area (Å²) in [6.07, 6.45) is -0.323. The summed E-state index contributed by atoms with van der Waals surface area (Å²) in [5.41, 5.74) is 5.05. The van der Waals surface area contributed by atoms with Crippen LogP contribution in [-0.4, -0.2) is 39.8 Å². The van der Waals surface area contributed by atoms with Crippen LogP contribution in [0, 0.1) is 13.8 Å². The van der Waals surface area contributed by atoms with E-state index < -0.39 is 6.10 Å². The Balaban J connectivity index is 1.37. The lowest BCUT2D eigenvalue weighted by Crippen LogP contribution is -2.26. The molecule has 6 heteroatoms. The molecule has 1 amide bonds. The van der Waals surface area contributed by atoms with Gasteiger partial charge >= 0.3 is 0 Å². The third-order valence-electron chi connectivity index (χ3n) is 6.38. The van der Waals surface area contributed by atoms with Crippen molar-refractivity contribution in [3.8, 4) is 5.75 Å². The lowest BCUT2D eigenvalue weighted by atomic mass is 10.1. The Morgan fingerprint density at radius 2 is 1.68 bits per heavy atom. The van der Waals surface area contributed by atoms with Crippen LogP contribution in [0.1, 0.15) is 29.3 Å². The monoisotopic (exact) mass is 455 g/mol. The van der Waals surface area contributed by atoms with E-state index in [0.717, 1.165) is 39.4 Å². The number of carbonyl (C=O) groups is 1. The summed E-state index contributed by atoms with van der Waals surface area (Å²) in [5, 5.41) is 10.8. The molecular formula is C28H29N3O3. The van der Waals surface area contributed by atoms with E-state index in [1.165, 1.54) is 0 Å². The summed E-state index contributed by atoms with van der Waals surface area (Å²) in [6, 6.07) is 23.7. The summed E-state index contributed by atoms with van der Waals surface area (Å²) < 4.78 is 7.86. The predicted molar refractivity (Wildman–Crippen MR) is 133 cm³/mol. The van der Waals surface area contributed by atoms with Crippen LogP contribution in [0.3, 0.4) is 0 Å². The number of benzene rings is 3. The van der Waals surface area contributed by atoms with E-state index in [4.69, 9.17) is 9.72 Å². The van der Waals surface area contributed by atoms with Crippen molar-refractivity contribution in [1.29, 1.82) is 0 Å². The molecular weight excluding hydrogens is 426 g/mol. The molecule has 1 aliphatic heterocycles. The maximum absolute atomic E-state index is 12.9. The second-order valence-electron chi connectivity index (χ2n) is 9.09. The molecule has 5 rings (SSSR count). The quantitative estimate of drug-likeness (QED) is 0.442. The zero-order chi connectivity index (χ0) is 23.7. The second-order valence-corrected chi connectivity index (χ2v) is 9.09. The Kier molecular flexibility index (Phi) is 6.07. The molecule has 174 valence electrons. The molecule has 0 spiro atoms. The van der Waals surface area contributed by atoms with Crippen LogP contribution in [-0.2, 0) is 11.3 Å². The van der Waals surface area contributed by atoms with E-state index in [0.29, 0.717) is 19.5 Å². The van der Waals surface area contributed by atoms with Crippen molar-refractivity contribution in [2.75, 3.05) is 18.1 Å². The van der Waals surface area contributed by atoms with Gasteiger partial charge in [-0.3, -0.25) is 4.79 Å². The molecule has 34 heavy (non-hydrogen) atoms. The molecule has 1 N–H and O–H groups in total. The zero-order valence-corrected chi connectivity index (χ0v) is 19.5. The van der Waals surface area contributed by atoms with E-state index in [1.54, 1.807) is 0 Å². The molecule has 2 heterocycles. The highest BCUT2D eigenvalue weighted by atomic mass is 16.5. The number of para-hydroxylation sites is 2. The normalized spacial score (nSPS) is 16.9. The fraction of sp³-hybridized carbons (Fsp3) is 0.286. The van der Waals surface area contributed by atoms with Crippen LogP contribution in [0.5, 0.6) is 5.75 Å². The summed E-state index contributed by atoms with van der Waals surface area (Å²) >= 11 is 0. The lowest BCUT2D eigenvalue weighted by Gasteiger charge is -2.19. The number of ether oxygens (including phenoxy) is 1. The Morgan fingerprint density at radius 1 is 1.00 bits per heavy atom. The minimum atomic E-state index is -0.719. The SMILES string of the molecule is Cc1ccc(OC[C@@H](O)Cn2c([C@H]3CC(=O)N(c4ccc(C)cc4)C3)nc3ccccc32)cc1. The van der Waals surface area contributed by atoms with Crippen LogP contribution in [0.15, 0.2) is 72.8 Å². The predicted octanol–water partition coefficient (Wildman–Crippen LogP) is 4.61. The van der Waals surface area contributed by atoms with Gasteiger partial charge in [0.15, 0.2) is 0 Å². The van der Waals surface area contributed by atoms with Crippen molar-refractivity contribution in [3.63, 3.8) is 0 Å². The van der Waals surface area contributed by atoms with Crippen molar-refractivity contribution >= 4 is 22.6 Å². The lowest BCUT2D eigenvalue weighted by molar-refractivity contribution is -0.117. The Hall–Kier alpha value is -3.64. The van der Waals surface area contributed by atoms with E-state index in [9.17, 15) is 9.90 Å². The Labute approximate surface area is 199 Å². The van der Waals surface area contributed by atoms with Gasteiger partial charge in [0.05, 0.1) is 17.6 Å². The number of rotatable bonds is 7. The highest BCUT2D eigenvalue weighted by Crippen LogP contribution is 2.33. The maximum atomic E-state index is 12.9. The number of hydrogen-bond acceptors (Lipinski definition) is 4. The number of nitrogens with zero attached hydrogens (tertiary/aromatic N) is 3. The molecule has 6 nitrogen and oxygen atoms in total. The van der Waals surface area contributed by atoms with E-state index >= 15 is 0 Å². The smallest absolute Gasteiger partial charge is 0.227 e. The van der Waals surface area contributed by atoms with Gasteiger partial charge in [0.25, 0.3) is 0 Å². The number of aryl methyl sites for hydroxylation is 2. The van der Waals surface area contributed by atoms with Crippen molar-refractivity contribution in [2.24, 2.45) is 0 Å². The van der Waals surface area contributed by atoms with Gasteiger partial charge in [-0.15, -0.1) is 0 Å². The summed E-state index contributed by atoms with van der Waals surface area (Å²) in [7, 11) is 0. The first-order valence-electron chi connectivity index (χ1n) is 11.7. The van der Waals surface area contributed by atoms with Gasteiger partial charge in [-0.25, -0.2) is 4.98 Å². The van der Waals surface area contributed by atoms with Gasteiger partial charge in [-0.1, -0.05) is 47.5 Å². The molecule has 1 aliphatic rings. The minimum absolute atomic E-state index is 0.0496. The Bertz CT molecular complexity index is 1290. The first kappa shape index (κ1) is 22.2.